The zero-order valence-corrected chi connectivity index (χ0v) is 22.8. The Balaban J connectivity index is 1.55. The predicted molar refractivity (Wildman–Crippen MR) is 147 cm³/mol. The first-order valence-corrected chi connectivity index (χ1v) is 14.0. The van der Waals surface area contributed by atoms with Crippen molar-refractivity contribution in [2.75, 3.05) is 11.3 Å². The molecule has 1 aromatic heterocycles. The molecule has 1 N–H and O–H groups in total. The Bertz CT molecular complexity index is 1260. The molecule has 3 aromatic rings. The van der Waals surface area contributed by atoms with E-state index in [4.69, 9.17) is 11.6 Å². The van der Waals surface area contributed by atoms with Crippen LogP contribution < -0.4 is 4.72 Å². The number of nitrogens with one attached hydrogen (secondary N) is 1. The Labute approximate surface area is 221 Å². The molecule has 0 saturated carbocycles. The molecule has 2 aromatic carbocycles. The van der Waals surface area contributed by atoms with Gasteiger partial charge in [-0.15, -0.1) is 0 Å². The van der Waals surface area contributed by atoms with Crippen molar-refractivity contribution in [3.8, 4) is 11.3 Å². The van der Waals surface area contributed by atoms with Crippen molar-refractivity contribution >= 4 is 34.4 Å². The van der Waals surface area contributed by atoms with Gasteiger partial charge in [0.25, 0.3) is 5.91 Å². The van der Waals surface area contributed by atoms with Crippen LogP contribution in [0.2, 0.25) is 5.15 Å². The zero-order chi connectivity index (χ0) is 25.8. The topological polar surface area (TPSA) is 75.2 Å². The van der Waals surface area contributed by atoms with E-state index < -0.39 is 11.0 Å². The fraction of sp³-hybridized carbons (Fsp3) is 0.393. The third-order valence-electron chi connectivity index (χ3n) is 6.54. The minimum atomic E-state index is -1.67. The number of aromatic nitrogens is 2. The van der Waals surface area contributed by atoms with E-state index in [1.807, 2.05) is 36.9 Å². The Hall–Kier alpha value is -2.77. The number of rotatable bonds is 7. The number of anilines is 1. The minimum absolute atomic E-state index is 0.00415. The molecular formula is C28H33ClN4O2S. The van der Waals surface area contributed by atoms with Gasteiger partial charge in [0.2, 0.25) is 5.95 Å². The molecule has 2 unspecified atom stereocenters. The third-order valence-corrected chi connectivity index (χ3v) is 7.79. The molecule has 1 amide bonds. The van der Waals surface area contributed by atoms with Crippen LogP contribution in [0.25, 0.3) is 11.3 Å². The molecule has 1 saturated heterocycles. The highest BCUT2D eigenvalue weighted by Crippen LogP contribution is 2.29. The monoisotopic (exact) mass is 524 g/mol. The van der Waals surface area contributed by atoms with Crippen LogP contribution >= 0.6 is 11.6 Å². The Morgan fingerprint density at radius 1 is 1.11 bits per heavy atom. The standard InChI is InChI=1S/C28H33ClN4O2S/c1-18(2)15-22-12-5-6-14-33(22)27(34)21-11-8-13-23(16-21)36(35)32-28-30-24(17-25(29)31-28)26-19(3)9-7-10-20(26)4/h7-11,13,16-18,22H,5-6,12,14-15H2,1-4H3,(H,30,31,32). The number of carbonyl (C=O) groups excluding carboxylic acids is 1. The van der Waals surface area contributed by atoms with Gasteiger partial charge >= 0.3 is 0 Å². The molecule has 0 spiro atoms. The smallest absolute Gasteiger partial charge is 0.254 e. The van der Waals surface area contributed by atoms with Gasteiger partial charge in [-0.3, -0.25) is 9.52 Å². The normalized spacial score (nSPS) is 16.7. The van der Waals surface area contributed by atoms with E-state index in [1.165, 1.54) is 0 Å². The first-order valence-electron chi connectivity index (χ1n) is 12.4. The van der Waals surface area contributed by atoms with E-state index in [2.05, 4.69) is 28.5 Å². The van der Waals surface area contributed by atoms with Crippen molar-refractivity contribution in [1.82, 2.24) is 14.9 Å². The molecule has 0 bridgehead atoms. The molecule has 0 radical (unpaired) electrons. The summed E-state index contributed by atoms with van der Waals surface area (Å²) in [7, 11) is -1.67. The summed E-state index contributed by atoms with van der Waals surface area (Å²) in [5.74, 6) is 0.691. The van der Waals surface area contributed by atoms with Crippen LogP contribution in [-0.2, 0) is 11.0 Å². The molecule has 2 heterocycles. The average Bonchev–Trinajstić information content (AvgIpc) is 2.83. The summed E-state index contributed by atoms with van der Waals surface area (Å²) < 4.78 is 16.1. The number of carbonyl (C=O) groups is 1. The van der Waals surface area contributed by atoms with Gasteiger partial charge in [-0.05, 0) is 74.8 Å². The van der Waals surface area contributed by atoms with Gasteiger partial charge < -0.3 is 4.90 Å². The van der Waals surface area contributed by atoms with Gasteiger partial charge in [0.1, 0.15) is 5.15 Å². The number of amides is 1. The second-order valence-electron chi connectivity index (χ2n) is 9.84. The molecule has 190 valence electrons. The molecule has 2 atom stereocenters. The van der Waals surface area contributed by atoms with Crippen molar-refractivity contribution in [3.05, 3.63) is 70.4 Å². The van der Waals surface area contributed by atoms with Crippen LogP contribution in [0, 0.1) is 19.8 Å². The van der Waals surface area contributed by atoms with Gasteiger partial charge in [-0.1, -0.05) is 49.7 Å². The van der Waals surface area contributed by atoms with Crippen LogP contribution in [0.15, 0.2) is 53.4 Å². The van der Waals surface area contributed by atoms with Crippen LogP contribution in [0.3, 0.4) is 0 Å². The molecule has 0 aliphatic carbocycles. The summed E-state index contributed by atoms with van der Waals surface area (Å²) in [6.07, 6.45) is 4.20. The molecule has 1 aliphatic rings. The van der Waals surface area contributed by atoms with E-state index in [0.29, 0.717) is 22.1 Å². The summed E-state index contributed by atoms with van der Waals surface area (Å²) >= 11 is 6.30. The number of halogens is 1. The molecule has 4 rings (SSSR count). The van der Waals surface area contributed by atoms with Gasteiger partial charge in [-0.2, -0.15) is 0 Å². The predicted octanol–water partition coefficient (Wildman–Crippen LogP) is 6.59. The summed E-state index contributed by atoms with van der Waals surface area (Å²) in [4.78, 5) is 24.7. The lowest BCUT2D eigenvalue weighted by atomic mass is 9.93. The van der Waals surface area contributed by atoms with Gasteiger partial charge in [0.15, 0.2) is 11.0 Å². The van der Waals surface area contributed by atoms with Gasteiger partial charge in [0.05, 0.1) is 10.6 Å². The maximum atomic E-state index is 13.4. The van der Waals surface area contributed by atoms with Gasteiger partial charge in [-0.25, -0.2) is 14.2 Å². The lowest BCUT2D eigenvalue weighted by Gasteiger charge is -2.37. The Morgan fingerprint density at radius 2 is 1.83 bits per heavy atom. The van der Waals surface area contributed by atoms with Crippen molar-refractivity contribution in [1.29, 1.82) is 0 Å². The maximum Gasteiger partial charge on any atom is 0.254 e. The first kappa shape index (κ1) is 26.3. The van der Waals surface area contributed by atoms with Crippen molar-refractivity contribution < 1.29 is 9.00 Å². The van der Waals surface area contributed by atoms with E-state index in [-0.39, 0.29) is 23.1 Å². The fourth-order valence-corrected chi connectivity index (χ4v) is 5.91. The molecule has 1 aliphatic heterocycles. The molecule has 1 fully saturated rings. The number of benzene rings is 2. The molecule has 6 nitrogen and oxygen atoms in total. The van der Waals surface area contributed by atoms with E-state index in [0.717, 1.165) is 48.9 Å². The minimum Gasteiger partial charge on any atom is -0.336 e. The summed E-state index contributed by atoms with van der Waals surface area (Å²) in [6.45, 7) is 9.17. The molecule has 36 heavy (non-hydrogen) atoms. The Kier molecular flexibility index (Phi) is 8.42. The first-order chi connectivity index (χ1) is 17.2. The van der Waals surface area contributed by atoms with Crippen molar-refractivity contribution in [3.63, 3.8) is 0 Å². The summed E-state index contributed by atoms with van der Waals surface area (Å²) in [6, 6.07) is 15.0. The van der Waals surface area contributed by atoms with E-state index in [1.54, 1.807) is 30.3 Å². The fourth-order valence-electron chi connectivity index (χ4n) is 4.92. The highest BCUT2D eigenvalue weighted by Gasteiger charge is 2.28. The van der Waals surface area contributed by atoms with Crippen LogP contribution in [0.4, 0.5) is 5.95 Å². The molecule has 8 heteroatoms. The second-order valence-corrected chi connectivity index (χ2v) is 11.4. The average molecular weight is 525 g/mol. The highest BCUT2D eigenvalue weighted by molar-refractivity contribution is 7.86. The second kappa shape index (κ2) is 11.5. The van der Waals surface area contributed by atoms with Crippen LogP contribution in [0.1, 0.15) is 61.0 Å². The number of likely N-dealkylation sites (tertiary alicyclic amines) is 1. The third kappa shape index (κ3) is 6.13. The van der Waals surface area contributed by atoms with Crippen molar-refractivity contribution in [2.45, 2.75) is 64.3 Å². The Morgan fingerprint density at radius 3 is 2.56 bits per heavy atom. The number of hydrogen-bond donors (Lipinski definition) is 1. The van der Waals surface area contributed by atoms with E-state index in [9.17, 15) is 9.00 Å². The zero-order valence-electron chi connectivity index (χ0n) is 21.3. The van der Waals surface area contributed by atoms with Crippen LogP contribution in [-0.4, -0.2) is 37.6 Å². The van der Waals surface area contributed by atoms with E-state index >= 15 is 0 Å². The van der Waals surface area contributed by atoms with Gasteiger partial charge in [0, 0.05) is 29.8 Å². The SMILES string of the molecule is Cc1cccc(C)c1-c1cc(Cl)nc(NS(=O)c2cccc(C(=O)N3CCCCC3CC(C)C)c2)n1. The molecular weight excluding hydrogens is 492 g/mol. The number of hydrogen-bond acceptors (Lipinski definition) is 4. The summed E-state index contributed by atoms with van der Waals surface area (Å²) in [5, 5.41) is 0.257. The maximum absolute atomic E-state index is 13.4. The number of piperidine rings is 1. The largest absolute Gasteiger partial charge is 0.336 e. The highest BCUT2D eigenvalue weighted by atomic mass is 35.5. The summed E-state index contributed by atoms with van der Waals surface area (Å²) in [5.41, 5.74) is 4.31. The number of aryl methyl sites for hydroxylation is 2. The van der Waals surface area contributed by atoms with Crippen molar-refractivity contribution in [2.24, 2.45) is 5.92 Å². The van der Waals surface area contributed by atoms with Crippen LogP contribution in [0.5, 0.6) is 0 Å². The lowest BCUT2D eigenvalue weighted by Crippen LogP contribution is -2.44. The number of nitrogens with zero attached hydrogens (tertiary/aromatic N) is 3. The lowest BCUT2D eigenvalue weighted by molar-refractivity contribution is 0.0584. The quantitative estimate of drug-likeness (QED) is 0.354.